The predicted octanol–water partition coefficient (Wildman–Crippen LogP) is 1.01. The van der Waals surface area contributed by atoms with E-state index >= 15 is 0 Å². The normalized spacial score (nSPS) is 22.6. The molecule has 0 aromatic carbocycles. The number of likely N-dealkylation sites (N-methyl/N-ethyl adjacent to an activating group) is 1. The molecule has 0 aromatic rings. The number of carbonyl (C=O) groups excluding carboxylic acids is 1. The van der Waals surface area contributed by atoms with Crippen molar-refractivity contribution in [1.29, 1.82) is 0 Å². The highest BCUT2D eigenvalue weighted by molar-refractivity contribution is 5.75. The third-order valence-corrected chi connectivity index (χ3v) is 3.42. The van der Waals surface area contributed by atoms with E-state index in [1.54, 1.807) is 0 Å². The number of amides is 2. The van der Waals surface area contributed by atoms with Crippen molar-refractivity contribution in [3.8, 4) is 0 Å². The first-order chi connectivity index (χ1) is 7.81. The van der Waals surface area contributed by atoms with E-state index in [4.69, 9.17) is 0 Å². The maximum atomic E-state index is 12.1. The summed E-state index contributed by atoms with van der Waals surface area (Å²) >= 11 is 0. The molecule has 2 rings (SSSR count). The summed E-state index contributed by atoms with van der Waals surface area (Å²) in [5, 5.41) is 0. The minimum Gasteiger partial charge on any atom is -0.322 e. The highest BCUT2D eigenvalue weighted by atomic mass is 16.2. The summed E-state index contributed by atoms with van der Waals surface area (Å²) in [5.74, 6) is 0. The molecule has 4 heteroatoms. The van der Waals surface area contributed by atoms with Gasteiger partial charge >= 0.3 is 6.03 Å². The molecule has 0 saturated carbocycles. The summed E-state index contributed by atoms with van der Waals surface area (Å²) in [6.45, 7) is 8.73. The lowest BCUT2D eigenvalue weighted by molar-refractivity contribution is 0.117. The van der Waals surface area contributed by atoms with Crippen molar-refractivity contribution < 1.29 is 4.79 Å². The Balaban J connectivity index is 1.84. The second-order valence-electron chi connectivity index (χ2n) is 4.41. The first-order valence-corrected chi connectivity index (χ1v) is 6.22. The Morgan fingerprint density at radius 1 is 1.06 bits per heavy atom. The Morgan fingerprint density at radius 3 is 2.38 bits per heavy atom. The van der Waals surface area contributed by atoms with Gasteiger partial charge in [-0.25, -0.2) is 4.79 Å². The second kappa shape index (κ2) is 5.34. The maximum absolute atomic E-state index is 12.1. The summed E-state index contributed by atoms with van der Waals surface area (Å²) in [6, 6.07) is 0.222. The van der Waals surface area contributed by atoms with Crippen LogP contribution >= 0.6 is 0 Å². The summed E-state index contributed by atoms with van der Waals surface area (Å²) in [5.41, 5.74) is 0. The van der Waals surface area contributed by atoms with E-state index in [0.29, 0.717) is 0 Å². The summed E-state index contributed by atoms with van der Waals surface area (Å²) in [6.07, 6.45) is 5.24. The van der Waals surface area contributed by atoms with Gasteiger partial charge in [0.2, 0.25) is 0 Å². The lowest BCUT2D eigenvalue weighted by Gasteiger charge is -2.37. The molecular formula is C12H21N3O. The van der Waals surface area contributed by atoms with Crippen LogP contribution in [0.25, 0.3) is 0 Å². The van der Waals surface area contributed by atoms with Crippen molar-refractivity contribution in [1.82, 2.24) is 14.7 Å². The lowest BCUT2D eigenvalue weighted by Crippen LogP contribution is -2.53. The number of urea groups is 1. The molecule has 2 aliphatic rings. The fourth-order valence-electron chi connectivity index (χ4n) is 2.27. The molecule has 4 nitrogen and oxygen atoms in total. The van der Waals surface area contributed by atoms with Crippen LogP contribution in [0.3, 0.4) is 0 Å². The molecule has 90 valence electrons. The summed E-state index contributed by atoms with van der Waals surface area (Å²) in [4.78, 5) is 18.5. The minimum atomic E-state index is 0.222. The van der Waals surface area contributed by atoms with Gasteiger partial charge in [-0.2, -0.15) is 0 Å². The molecule has 2 heterocycles. The van der Waals surface area contributed by atoms with Gasteiger partial charge in [-0.1, -0.05) is 19.1 Å². The molecule has 0 aromatic heterocycles. The second-order valence-corrected chi connectivity index (χ2v) is 4.41. The summed E-state index contributed by atoms with van der Waals surface area (Å²) < 4.78 is 0. The Morgan fingerprint density at radius 2 is 1.81 bits per heavy atom. The van der Waals surface area contributed by atoms with Gasteiger partial charge in [-0.15, -0.1) is 0 Å². The standard InChI is InChI=1S/C12H21N3O/c1-2-13-8-10-15(11-9-13)12(16)14-6-4-3-5-7-14/h3-4H,2,5-11H2,1H3. The topological polar surface area (TPSA) is 26.8 Å². The van der Waals surface area contributed by atoms with Gasteiger partial charge in [0.25, 0.3) is 0 Å². The van der Waals surface area contributed by atoms with Crippen molar-refractivity contribution in [2.45, 2.75) is 13.3 Å². The molecule has 1 fully saturated rings. The van der Waals surface area contributed by atoms with E-state index in [9.17, 15) is 4.79 Å². The van der Waals surface area contributed by atoms with Gasteiger partial charge in [-0.05, 0) is 13.0 Å². The van der Waals surface area contributed by atoms with Gasteiger partial charge in [0, 0.05) is 39.3 Å². The molecule has 0 bridgehead atoms. The van der Waals surface area contributed by atoms with Crippen molar-refractivity contribution in [2.75, 3.05) is 45.8 Å². The van der Waals surface area contributed by atoms with Crippen molar-refractivity contribution >= 4 is 6.03 Å². The Hall–Kier alpha value is -1.03. The Labute approximate surface area is 97.5 Å². The van der Waals surface area contributed by atoms with Crippen LogP contribution in [0.2, 0.25) is 0 Å². The smallest absolute Gasteiger partial charge is 0.320 e. The number of carbonyl (C=O) groups is 1. The van der Waals surface area contributed by atoms with Gasteiger partial charge in [0.05, 0.1) is 0 Å². The zero-order valence-electron chi connectivity index (χ0n) is 10.1. The van der Waals surface area contributed by atoms with Crippen molar-refractivity contribution in [3.63, 3.8) is 0 Å². The van der Waals surface area contributed by atoms with Crippen LogP contribution in [0.15, 0.2) is 12.2 Å². The predicted molar refractivity (Wildman–Crippen MR) is 64.4 cm³/mol. The van der Waals surface area contributed by atoms with Gasteiger partial charge in [0.1, 0.15) is 0 Å². The first kappa shape index (κ1) is 11.5. The van der Waals surface area contributed by atoms with Crippen molar-refractivity contribution in [2.24, 2.45) is 0 Å². The number of rotatable bonds is 1. The zero-order valence-corrected chi connectivity index (χ0v) is 10.1. The Bertz CT molecular complexity index is 269. The van der Waals surface area contributed by atoms with Gasteiger partial charge < -0.3 is 14.7 Å². The van der Waals surface area contributed by atoms with E-state index in [0.717, 1.165) is 52.2 Å². The number of hydrogen-bond donors (Lipinski definition) is 0. The van der Waals surface area contributed by atoms with E-state index < -0.39 is 0 Å². The van der Waals surface area contributed by atoms with Gasteiger partial charge in [-0.3, -0.25) is 0 Å². The van der Waals surface area contributed by atoms with Crippen LogP contribution in [0.4, 0.5) is 4.79 Å². The highest BCUT2D eigenvalue weighted by Gasteiger charge is 2.24. The van der Waals surface area contributed by atoms with E-state index in [2.05, 4.69) is 24.0 Å². The Kier molecular flexibility index (Phi) is 3.83. The molecular weight excluding hydrogens is 202 g/mol. The summed E-state index contributed by atoms with van der Waals surface area (Å²) in [7, 11) is 0. The minimum absolute atomic E-state index is 0.222. The molecule has 2 aliphatic heterocycles. The molecule has 0 aliphatic carbocycles. The highest BCUT2D eigenvalue weighted by Crippen LogP contribution is 2.08. The zero-order chi connectivity index (χ0) is 11.4. The fraction of sp³-hybridized carbons (Fsp3) is 0.750. The van der Waals surface area contributed by atoms with Crippen LogP contribution in [0.1, 0.15) is 13.3 Å². The number of nitrogens with zero attached hydrogens (tertiary/aromatic N) is 3. The number of piperazine rings is 1. The average molecular weight is 223 g/mol. The third kappa shape index (κ3) is 2.55. The average Bonchev–Trinajstić information content (AvgIpc) is 2.39. The molecule has 16 heavy (non-hydrogen) atoms. The number of hydrogen-bond acceptors (Lipinski definition) is 2. The quantitative estimate of drug-likeness (QED) is 0.620. The monoisotopic (exact) mass is 223 g/mol. The fourth-order valence-corrected chi connectivity index (χ4v) is 2.27. The molecule has 0 spiro atoms. The maximum Gasteiger partial charge on any atom is 0.320 e. The van der Waals surface area contributed by atoms with Crippen LogP contribution in [-0.2, 0) is 0 Å². The largest absolute Gasteiger partial charge is 0.322 e. The SMILES string of the molecule is CCN1CCN(C(=O)N2CC=CCC2)CC1. The van der Waals surface area contributed by atoms with E-state index in [1.807, 2.05) is 9.80 Å². The first-order valence-electron chi connectivity index (χ1n) is 6.22. The molecule has 0 unspecified atom stereocenters. The van der Waals surface area contributed by atoms with E-state index in [1.165, 1.54) is 0 Å². The van der Waals surface area contributed by atoms with Gasteiger partial charge in [0.15, 0.2) is 0 Å². The molecule has 2 amide bonds. The van der Waals surface area contributed by atoms with Crippen LogP contribution in [0.5, 0.6) is 0 Å². The lowest BCUT2D eigenvalue weighted by atomic mass is 10.2. The van der Waals surface area contributed by atoms with Crippen LogP contribution in [-0.4, -0.2) is 66.5 Å². The van der Waals surface area contributed by atoms with Crippen molar-refractivity contribution in [3.05, 3.63) is 12.2 Å². The van der Waals surface area contributed by atoms with Crippen LogP contribution in [0, 0.1) is 0 Å². The molecule has 0 radical (unpaired) electrons. The molecule has 0 N–H and O–H groups in total. The molecule has 1 saturated heterocycles. The third-order valence-electron chi connectivity index (χ3n) is 3.42. The van der Waals surface area contributed by atoms with E-state index in [-0.39, 0.29) is 6.03 Å². The van der Waals surface area contributed by atoms with Crippen LogP contribution < -0.4 is 0 Å². The molecule has 0 atom stereocenters.